The summed E-state index contributed by atoms with van der Waals surface area (Å²) in [6, 6.07) is 0. The molecule has 0 spiro atoms. The maximum Gasteiger partial charge on any atom is 0.301 e. The number of imidazole rings is 1. The SMILES string of the molecule is CCCCCCCCCCCCCCCCCCNc1nc(=O)c2nc(N)n([C@H]3O[C@H](CO)[C@@H](O)[C@H]3O)c2c(=O)[nH]1. The Morgan fingerprint density at radius 1 is 0.854 bits per heavy atom. The zero-order valence-electron chi connectivity index (χ0n) is 24.5. The van der Waals surface area contributed by atoms with Gasteiger partial charge in [-0.2, -0.15) is 4.98 Å². The van der Waals surface area contributed by atoms with E-state index < -0.39 is 42.3 Å². The van der Waals surface area contributed by atoms with Crippen molar-refractivity contribution in [1.82, 2.24) is 19.5 Å². The van der Waals surface area contributed by atoms with Crippen LogP contribution in [-0.4, -0.2) is 66.3 Å². The van der Waals surface area contributed by atoms with Crippen LogP contribution in [0.3, 0.4) is 0 Å². The first-order valence-corrected chi connectivity index (χ1v) is 15.6. The molecule has 1 aliphatic heterocycles. The summed E-state index contributed by atoms with van der Waals surface area (Å²) >= 11 is 0. The Morgan fingerprint density at radius 3 is 1.90 bits per heavy atom. The highest BCUT2D eigenvalue weighted by atomic mass is 16.6. The first-order valence-electron chi connectivity index (χ1n) is 15.6. The van der Waals surface area contributed by atoms with Gasteiger partial charge in [0, 0.05) is 6.54 Å². The average Bonchev–Trinajstić information content (AvgIpc) is 3.41. The number of aliphatic hydroxyl groups excluding tert-OH is 3. The summed E-state index contributed by atoms with van der Waals surface area (Å²) < 4.78 is 6.55. The number of hydrogen-bond donors (Lipinski definition) is 6. The molecule has 232 valence electrons. The molecule has 4 atom stereocenters. The van der Waals surface area contributed by atoms with E-state index in [0.717, 1.165) is 23.8 Å². The highest BCUT2D eigenvalue weighted by molar-refractivity contribution is 5.76. The lowest BCUT2D eigenvalue weighted by molar-refractivity contribution is -0.0499. The van der Waals surface area contributed by atoms with Crippen molar-refractivity contribution < 1.29 is 20.1 Å². The van der Waals surface area contributed by atoms with E-state index in [0.29, 0.717) is 6.54 Å². The molecule has 0 amide bonds. The molecule has 0 unspecified atom stereocenters. The molecule has 1 aliphatic rings. The molecule has 7 N–H and O–H groups in total. The molecule has 0 aromatic carbocycles. The van der Waals surface area contributed by atoms with Crippen LogP contribution >= 0.6 is 0 Å². The van der Waals surface area contributed by atoms with Crippen molar-refractivity contribution in [2.75, 3.05) is 24.2 Å². The van der Waals surface area contributed by atoms with E-state index in [1.807, 2.05) is 0 Å². The molecule has 3 heterocycles. The van der Waals surface area contributed by atoms with Crippen LogP contribution in [0.1, 0.15) is 116 Å². The zero-order chi connectivity index (χ0) is 29.6. The van der Waals surface area contributed by atoms with E-state index in [1.165, 1.54) is 83.5 Å². The molecule has 12 nitrogen and oxygen atoms in total. The summed E-state index contributed by atoms with van der Waals surface area (Å²) in [6.45, 7) is 2.25. The van der Waals surface area contributed by atoms with Crippen LogP contribution in [0.2, 0.25) is 0 Å². The van der Waals surface area contributed by atoms with Gasteiger partial charge in [-0.1, -0.05) is 103 Å². The van der Waals surface area contributed by atoms with E-state index in [2.05, 4.69) is 27.2 Å². The van der Waals surface area contributed by atoms with E-state index >= 15 is 0 Å². The van der Waals surface area contributed by atoms with E-state index in [9.17, 15) is 24.9 Å². The normalized spacial score (nSPS) is 20.7. The Bertz CT molecular complexity index is 1170. The van der Waals surface area contributed by atoms with Crippen LogP contribution in [0.25, 0.3) is 11.0 Å². The Labute approximate surface area is 241 Å². The number of nitrogen functional groups attached to an aromatic ring is 1. The number of anilines is 2. The Morgan fingerprint density at radius 2 is 1.39 bits per heavy atom. The molecule has 41 heavy (non-hydrogen) atoms. The first-order chi connectivity index (χ1) is 19.9. The second-order valence-corrected chi connectivity index (χ2v) is 11.2. The van der Waals surface area contributed by atoms with Crippen LogP contribution < -0.4 is 22.2 Å². The van der Waals surface area contributed by atoms with Crippen molar-refractivity contribution in [2.24, 2.45) is 0 Å². The number of H-pyrrole nitrogens is 1. The second kappa shape index (κ2) is 17.4. The summed E-state index contributed by atoms with van der Waals surface area (Å²) in [4.78, 5) is 36.2. The molecule has 0 saturated carbocycles. The van der Waals surface area contributed by atoms with Crippen molar-refractivity contribution in [3.8, 4) is 0 Å². The van der Waals surface area contributed by atoms with E-state index in [1.54, 1.807) is 0 Å². The third-order valence-corrected chi connectivity index (χ3v) is 7.90. The predicted octanol–water partition coefficient (Wildman–Crippen LogP) is 3.35. The van der Waals surface area contributed by atoms with Crippen LogP contribution in [0.15, 0.2) is 9.59 Å². The molecule has 0 radical (unpaired) electrons. The number of aromatic amines is 1. The molecule has 1 fully saturated rings. The molecule has 0 bridgehead atoms. The number of aromatic nitrogens is 4. The molecule has 12 heteroatoms. The summed E-state index contributed by atoms with van der Waals surface area (Å²) in [5.41, 5.74) is 3.94. The highest BCUT2D eigenvalue weighted by Crippen LogP contribution is 2.32. The van der Waals surface area contributed by atoms with Gasteiger partial charge in [0.25, 0.3) is 5.56 Å². The number of fused-ring (bicyclic) bond motifs is 1. The summed E-state index contributed by atoms with van der Waals surface area (Å²) in [5, 5.41) is 32.9. The smallest absolute Gasteiger partial charge is 0.301 e. The minimum atomic E-state index is -1.49. The van der Waals surface area contributed by atoms with Crippen LogP contribution in [-0.2, 0) is 4.74 Å². The van der Waals surface area contributed by atoms with Crippen molar-refractivity contribution in [1.29, 1.82) is 0 Å². The molecular formula is C29H50N6O6. The van der Waals surface area contributed by atoms with Crippen molar-refractivity contribution >= 4 is 22.9 Å². The van der Waals surface area contributed by atoms with Crippen LogP contribution in [0.4, 0.5) is 11.9 Å². The second-order valence-electron chi connectivity index (χ2n) is 11.2. The van der Waals surface area contributed by atoms with Crippen molar-refractivity contribution in [3.63, 3.8) is 0 Å². The fraction of sp³-hybridized carbons (Fsp3) is 0.793. The van der Waals surface area contributed by atoms with Gasteiger partial charge in [-0.05, 0) is 6.42 Å². The number of hydrogen-bond acceptors (Lipinski definition) is 10. The minimum Gasteiger partial charge on any atom is -0.394 e. The van der Waals surface area contributed by atoms with Gasteiger partial charge in [0.15, 0.2) is 11.7 Å². The highest BCUT2D eigenvalue weighted by Gasteiger charge is 2.45. The lowest BCUT2D eigenvalue weighted by Crippen LogP contribution is -2.33. The van der Waals surface area contributed by atoms with Gasteiger partial charge in [0.1, 0.15) is 23.8 Å². The van der Waals surface area contributed by atoms with Gasteiger partial charge in [0.05, 0.1) is 6.61 Å². The number of unbranched alkanes of at least 4 members (excludes halogenated alkanes) is 15. The zero-order valence-corrected chi connectivity index (χ0v) is 24.5. The van der Waals surface area contributed by atoms with Crippen LogP contribution in [0, 0.1) is 0 Å². The summed E-state index contributed by atoms with van der Waals surface area (Å²) in [5.74, 6) is -0.238. The minimum absolute atomic E-state index is 0.0187. The predicted molar refractivity (Wildman–Crippen MR) is 160 cm³/mol. The topological polar surface area (TPSA) is 189 Å². The lowest BCUT2D eigenvalue weighted by Gasteiger charge is -2.17. The summed E-state index contributed by atoms with van der Waals surface area (Å²) in [7, 11) is 0. The lowest BCUT2D eigenvalue weighted by atomic mass is 10.0. The van der Waals surface area contributed by atoms with Gasteiger partial charge in [-0.3, -0.25) is 19.1 Å². The molecule has 0 aliphatic carbocycles. The third-order valence-electron chi connectivity index (χ3n) is 7.90. The number of nitrogens with one attached hydrogen (secondary N) is 2. The van der Waals surface area contributed by atoms with Crippen molar-refractivity contribution in [2.45, 2.75) is 134 Å². The molecule has 2 aromatic heterocycles. The first kappa shape index (κ1) is 33.0. The number of ether oxygens (including phenoxy) is 1. The van der Waals surface area contributed by atoms with E-state index in [-0.39, 0.29) is 22.9 Å². The third kappa shape index (κ3) is 9.49. The van der Waals surface area contributed by atoms with Gasteiger partial charge >= 0.3 is 5.56 Å². The van der Waals surface area contributed by atoms with Gasteiger partial charge in [-0.15, -0.1) is 0 Å². The molecular weight excluding hydrogens is 528 g/mol. The standard InChI is InChI=1S/C29H50N6O6/c1-2-3-4-5-6-7-8-9-10-11-12-13-14-15-16-17-18-31-29-33-25(39)21-22(26(40)34-29)35(28(30)32-21)27-24(38)23(37)20(19-36)41-27/h20,23-24,27,36-38H,2-19H2,1H3,(H2,30,32)(H2,31,33,34,39,40)/t20-,23-,24-,27+/m1/s1. The van der Waals surface area contributed by atoms with E-state index in [4.69, 9.17) is 10.5 Å². The molecule has 3 rings (SSSR count). The number of rotatable bonds is 20. The fourth-order valence-corrected chi connectivity index (χ4v) is 5.48. The maximum atomic E-state index is 13.0. The summed E-state index contributed by atoms with van der Waals surface area (Å²) in [6.07, 6.45) is 15.2. The maximum absolute atomic E-state index is 13.0. The number of nitrogens with two attached hydrogens (primary N) is 1. The molecule has 2 aromatic rings. The Kier molecular flexibility index (Phi) is 14.0. The largest absolute Gasteiger partial charge is 0.394 e. The Hall–Kier alpha value is -2.54. The quantitative estimate of drug-likeness (QED) is 0.127. The van der Waals surface area contributed by atoms with Crippen LogP contribution in [0.5, 0.6) is 0 Å². The Balaban J connectivity index is 1.37. The number of aliphatic hydroxyl groups is 3. The average molecular weight is 579 g/mol. The van der Waals surface area contributed by atoms with Gasteiger partial charge in [-0.25, -0.2) is 4.98 Å². The van der Waals surface area contributed by atoms with Crippen molar-refractivity contribution in [3.05, 3.63) is 20.7 Å². The van der Waals surface area contributed by atoms with Gasteiger partial charge in [0.2, 0.25) is 11.9 Å². The van der Waals surface area contributed by atoms with Gasteiger partial charge < -0.3 is 31.1 Å². The fourth-order valence-electron chi connectivity index (χ4n) is 5.48. The number of nitrogens with zero attached hydrogens (tertiary/aromatic N) is 3. The molecule has 1 saturated heterocycles. The monoisotopic (exact) mass is 578 g/mol.